The Bertz CT molecular complexity index is 272. The molecule has 0 spiro atoms. The van der Waals surface area contributed by atoms with Crippen LogP contribution in [-0.4, -0.2) is 48.9 Å². The lowest BCUT2D eigenvalue weighted by Crippen LogP contribution is -2.32. The monoisotopic (exact) mass is 238 g/mol. The molecule has 1 aliphatic rings. The van der Waals surface area contributed by atoms with Gasteiger partial charge in [0.25, 0.3) is 0 Å². The van der Waals surface area contributed by atoms with Crippen molar-refractivity contribution in [3.05, 3.63) is 11.9 Å². The molecule has 1 fully saturated rings. The Kier molecular flexibility index (Phi) is 4.45. The lowest BCUT2D eigenvalue weighted by molar-refractivity contribution is -0.0146. The van der Waals surface area contributed by atoms with Crippen molar-refractivity contribution >= 4 is 7.60 Å². The maximum Gasteiger partial charge on any atom is 0.348 e. The minimum absolute atomic E-state index is 0.207. The smallest absolute Gasteiger partial charge is 0.348 e. The fourth-order valence-corrected chi connectivity index (χ4v) is 1.85. The first kappa shape index (κ1) is 12.8. The molecule has 15 heavy (non-hydrogen) atoms. The van der Waals surface area contributed by atoms with Gasteiger partial charge in [-0.05, 0) is 6.08 Å². The topological polar surface area (TPSA) is 85.2 Å². The highest BCUT2D eigenvalue weighted by molar-refractivity contribution is 7.55. The lowest BCUT2D eigenvalue weighted by atomic mass is 10.1. The van der Waals surface area contributed by atoms with Gasteiger partial charge in [0.05, 0.1) is 6.61 Å². The summed E-state index contributed by atoms with van der Waals surface area (Å²) >= 11 is 0. The molecule has 1 heterocycles. The van der Waals surface area contributed by atoms with Gasteiger partial charge in [-0.15, -0.1) is 0 Å². The second kappa shape index (κ2) is 5.21. The molecule has 0 saturated carbocycles. The molecule has 0 aliphatic carbocycles. The first-order chi connectivity index (χ1) is 6.98. The van der Waals surface area contributed by atoms with Crippen molar-refractivity contribution in [2.24, 2.45) is 0 Å². The van der Waals surface area contributed by atoms with Crippen LogP contribution >= 0.6 is 7.60 Å². The maximum atomic E-state index is 10.6. The molecule has 1 aliphatic heterocycles. The summed E-state index contributed by atoms with van der Waals surface area (Å²) in [6.07, 6.45) is 0.292. The minimum Gasteiger partial charge on any atom is -0.376 e. The van der Waals surface area contributed by atoms with Crippen molar-refractivity contribution in [3.8, 4) is 0 Å². The Morgan fingerprint density at radius 1 is 1.40 bits per heavy atom. The van der Waals surface area contributed by atoms with Crippen LogP contribution in [0.5, 0.6) is 0 Å². The van der Waals surface area contributed by atoms with E-state index >= 15 is 0 Å². The second-order valence-corrected chi connectivity index (χ2v) is 4.68. The predicted octanol–water partition coefficient (Wildman–Crippen LogP) is 0.107. The number of hydrogen-bond donors (Lipinski definition) is 2. The molecule has 0 amide bonds. The third kappa shape index (κ3) is 3.68. The van der Waals surface area contributed by atoms with E-state index in [1.807, 2.05) is 0 Å². The van der Waals surface area contributed by atoms with E-state index in [9.17, 15) is 4.57 Å². The highest BCUT2D eigenvalue weighted by Crippen LogP contribution is 2.37. The molecule has 1 rings (SSSR count). The van der Waals surface area contributed by atoms with Gasteiger partial charge in [-0.25, -0.2) is 0 Å². The van der Waals surface area contributed by atoms with Crippen molar-refractivity contribution < 1.29 is 28.6 Å². The molecule has 3 atom stereocenters. The highest BCUT2D eigenvalue weighted by Gasteiger charge is 2.36. The molecule has 1 unspecified atom stereocenters. The Morgan fingerprint density at radius 3 is 2.53 bits per heavy atom. The maximum absolute atomic E-state index is 10.6. The zero-order valence-corrected chi connectivity index (χ0v) is 9.46. The van der Waals surface area contributed by atoms with Crippen LogP contribution in [0.25, 0.3) is 0 Å². The van der Waals surface area contributed by atoms with E-state index < -0.39 is 13.7 Å². The van der Waals surface area contributed by atoms with Crippen LogP contribution in [0, 0.1) is 0 Å². The predicted molar refractivity (Wildman–Crippen MR) is 52.5 cm³/mol. The first-order valence-electron chi connectivity index (χ1n) is 4.39. The van der Waals surface area contributed by atoms with Gasteiger partial charge in [0.2, 0.25) is 0 Å². The Labute approximate surface area is 88.0 Å². The van der Waals surface area contributed by atoms with E-state index in [1.54, 1.807) is 0 Å². The fourth-order valence-electron chi connectivity index (χ4n) is 1.46. The summed E-state index contributed by atoms with van der Waals surface area (Å²) in [6, 6.07) is 0. The van der Waals surface area contributed by atoms with Gasteiger partial charge in [-0.1, -0.05) is 0 Å². The van der Waals surface area contributed by atoms with E-state index in [-0.39, 0.29) is 12.2 Å². The van der Waals surface area contributed by atoms with Crippen LogP contribution in [0.15, 0.2) is 11.9 Å². The summed E-state index contributed by atoms with van der Waals surface area (Å²) < 4.78 is 26.1. The molecule has 1 saturated heterocycles. The molecular formula is C8H15O6P. The highest BCUT2D eigenvalue weighted by atomic mass is 31.2. The Balaban J connectivity index is 2.64. The lowest BCUT2D eigenvalue weighted by Gasteiger charge is -2.17. The normalized spacial score (nSPS) is 32.7. The standard InChI is InChI=1S/C8H15O6P/c1-12-7-5-14-6(8(7)13-2)3-4-15(9,10)11/h3-4,6-8H,5H2,1-2H3,(H2,9,10,11)/b4-3+/t6-,7?,8+/m1/s1. The van der Waals surface area contributed by atoms with Crippen molar-refractivity contribution in [1.29, 1.82) is 0 Å². The van der Waals surface area contributed by atoms with E-state index in [4.69, 9.17) is 24.0 Å². The number of ether oxygens (including phenoxy) is 3. The van der Waals surface area contributed by atoms with Gasteiger partial charge in [0, 0.05) is 20.0 Å². The zero-order valence-electron chi connectivity index (χ0n) is 8.57. The Morgan fingerprint density at radius 2 is 2.07 bits per heavy atom. The molecule has 2 N–H and O–H groups in total. The van der Waals surface area contributed by atoms with Crippen molar-refractivity contribution in [2.75, 3.05) is 20.8 Å². The van der Waals surface area contributed by atoms with Crippen LogP contribution in [0.2, 0.25) is 0 Å². The molecule has 0 aromatic rings. The summed E-state index contributed by atoms with van der Waals surface area (Å²) in [6.45, 7) is 0.352. The molecule has 88 valence electrons. The van der Waals surface area contributed by atoms with Crippen LogP contribution < -0.4 is 0 Å². The number of rotatable bonds is 4. The Hall–Kier alpha value is -0.230. The number of hydrogen-bond acceptors (Lipinski definition) is 4. The molecule has 0 bridgehead atoms. The largest absolute Gasteiger partial charge is 0.376 e. The third-order valence-corrected chi connectivity index (χ3v) is 2.75. The average Bonchev–Trinajstić information content (AvgIpc) is 2.55. The van der Waals surface area contributed by atoms with Gasteiger partial charge >= 0.3 is 7.60 Å². The SMILES string of the molecule is COC1CO[C@H](/C=C/P(=O)(O)O)[C@@H]1OC. The third-order valence-electron chi connectivity index (χ3n) is 2.19. The zero-order chi connectivity index (χ0) is 11.5. The summed E-state index contributed by atoms with van der Waals surface area (Å²) in [5.41, 5.74) is 0. The quantitative estimate of drug-likeness (QED) is 0.676. The van der Waals surface area contributed by atoms with Crippen molar-refractivity contribution in [1.82, 2.24) is 0 Å². The summed E-state index contributed by atoms with van der Waals surface area (Å²) in [5.74, 6) is 0.821. The van der Waals surface area contributed by atoms with Crippen molar-refractivity contribution in [2.45, 2.75) is 18.3 Å². The fraction of sp³-hybridized carbons (Fsp3) is 0.750. The van der Waals surface area contributed by atoms with Gasteiger partial charge < -0.3 is 24.0 Å². The summed E-state index contributed by atoms with van der Waals surface area (Å²) in [5, 5.41) is 0. The van der Waals surface area contributed by atoms with Crippen LogP contribution in [0.3, 0.4) is 0 Å². The van der Waals surface area contributed by atoms with Gasteiger partial charge in [-0.2, -0.15) is 0 Å². The summed E-state index contributed by atoms with van der Waals surface area (Å²) in [4.78, 5) is 17.3. The summed E-state index contributed by atoms with van der Waals surface area (Å²) in [7, 11) is -1.10. The van der Waals surface area contributed by atoms with Crippen LogP contribution in [0.4, 0.5) is 0 Å². The van der Waals surface area contributed by atoms with Crippen LogP contribution in [0.1, 0.15) is 0 Å². The molecule has 7 heteroatoms. The van der Waals surface area contributed by atoms with E-state index in [0.29, 0.717) is 6.61 Å². The first-order valence-corrected chi connectivity index (χ1v) is 6.08. The second-order valence-electron chi connectivity index (χ2n) is 3.20. The molecule has 0 aromatic carbocycles. The van der Waals surface area contributed by atoms with E-state index in [0.717, 1.165) is 5.82 Å². The van der Waals surface area contributed by atoms with E-state index in [2.05, 4.69) is 0 Å². The van der Waals surface area contributed by atoms with Crippen molar-refractivity contribution in [3.63, 3.8) is 0 Å². The van der Waals surface area contributed by atoms with Crippen LogP contribution in [-0.2, 0) is 18.8 Å². The molecule has 0 aromatic heterocycles. The van der Waals surface area contributed by atoms with Gasteiger partial charge in [0.15, 0.2) is 0 Å². The molecule has 0 radical (unpaired) electrons. The average molecular weight is 238 g/mol. The molecular weight excluding hydrogens is 223 g/mol. The van der Waals surface area contributed by atoms with Gasteiger partial charge in [0.1, 0.15) is 18.3 Å². The van der Waals surface area contributed by atoms with E-state index in [1.165, 1.54) is 20.3 Å². The molecule has 6 nitrogen and oxygen atoms in total. The minimum atomic E-state index is -4.14. The van der Waals surface area contributed by atoms with Gasteiger partial charge in [-0.3, -0.25) is 4.57 Å². The number of methoxy groups -OCH3 is 2.